The number of primary amides is 1. The van der Waals surface area contributed by atoms with E-state index in [2.05, 4.69) is 5.10 Å². The number of sulfonamides is 1. The van der Waals surface area contributed by atoms with Gasteiger partial charge in [0.25, 0.3) is 0 Å². The van der Waals surface area contributed by atoms with Crippen LogP contribution in [-0.2, 0) is 21.4 Å². The van der Waals surface area contributed by atoms with Crippen LogP contribution in [0.1, 0.15) is 0 Å². The third kappa shape index (κ3) is 3.79. The van der Waals surface area contributed by atoms with E-state index in [0.29, 0.717) is 22.4 Å². The molecule has 3 rings (SSSR count). The Morgan fingerprint density at radius 1 is 1.04 bits per heavy atom. The summed E-state index contributed by atoms with van der Waals surface area (Å²) >= 11 is 0. The number of rotatable bonds is 5. The summed E-state index contributed by atoms with van der Waals surface area (Å²) in [7, 11) is -3.81. The summed E-state index contributed by atoms with van der Waals surface area (Å²) in [6.45, 7) is -0.122. The molecule has 7 nitrogen and oxygen atoms in total. The normalized spacial score (nSPS) is 11.5. The van der Waals surface area contributed by atoms with Gasteiger partial charge in [-0.05, 0) is 29.8 Å². The minimum Gasteiger partial charge on any atom is -0.368 e. The van der Waals surface area contributed by atoms with Crippen LogP contribution in [0.3, 0.4) is 0 Å². The summed E-state index contributed by atoms with van der Waals surface area (Å²) in [5.41, 5.74) is 7.66. The number of primary sulfonamides is 1. The van der Waals surface area contributed by atoms with Crippen LogP contribution in [0.15, 0.2) is 59.6 Å². The molecule has 26 heavy (non-hydrogen) atoms. The summed E-state index contributed by atoms with van der Waals surface area (Å²) in [5, 5.41) is 9.46. The molecule has 0 saturated heterocycles. The van der Waals surface area contributed by atoms with Gasteiger partial charge in [-0.15, -0.1) is 0 Å². The largest absolute Gasteiger partial charge is 0.368 e. The monoisotopic (exact) mass is 374 g/mol. The van der Waals surface area contributed by atoms with Gasteiger partial charge in [-0.1, -0.05) is 24.3 Å². The maximum Gasteiger partial charge on any atom is 0.239 e. The van der Waals surface area contributed by atoms with Gasteiger partial charge in [0.2, 0.25) is 15.9 Å². The molecule has 1 aromatic heterocycles. The standard InChI is InChI=1S/C17H15FN4O3S/c18-13-5-1-11(2-6-13)15-9-22(10-16(19)23)21-17(15)12-3-7-14(8-4-12)26(20,24)25/h1-9H,10H2,(H2,19,23)(H2,20,24,25). The van der Waals surface area contributed by atoms with Crippen molar-refractivity contribution in [2.45, 2.75) is 11.4 Å². The van der Waals surface area contributed by atoms with Crippen LogP contribution in [-0.4, -0.2) is 24.1 Å². The van der Waals surface area contributed by atoms with Crippen LogP contribution < -0.4 is 10.9 Å². The molecule has 1 amide bonds. The highest BCUT2D eigenvalue weighted by Gasteiger charge is 2.15. The minimum atomic E-state index is -3.81. The van der Waals surface area contributed by atoms with E-state index in [1.807, 2.05) is 0 Å². The van der Waals surface area contributed by atoms with Crippen LogP contribution in [0.5, 0.6) is 0 Å². The topological polar surface area (TPSA) is 121 Å². The maximum atomic E-state index is 13.2. The molecule has 3 aromatic rings. The Kier molecular flexibility index (Phi) is 4.58. The van der Waals surface area contributed by atoms with Gasteiger partial charge < -0.3 is 5.73 Å². The SMILES string of the molecule is NC(=O)Cn1cc(-c2ccc(F)cc2)c(-c2ccc(S(N)(=O)=O)cc2)n1. The van der Waals surface area contributed by atoms with Crippen molar-refractivity contribution >= 4 is 15.9 Å². The molecule has 0 atom stereocenters. The average molecular weight is 374 g/mol. The van der Waals surface area contributed by atoms with E-state index in [1.54, 1.807) is 30.5 Å². The van der Waals surface area contributed by atoms with Crippen molar-refractivity contribution in [3.63, 3.8) is 0 Å². The van der Waals surface area contributed by atoms with Gasteiger partial charge in [-0.25, -0.2) is 17.9 Å². The van der Waals surface area contributed by atoms with Crippen molar-refractivity contribution < 1.29 is 17.6 Å². The van der Waals surface area contributed by atoms with E-state index in [4.69, 9.17) is 10.9 Å². The third-order valence-electron chi connectivity index (χ3n) is 3.69. The van der Waals surface area contributed by atoms with Crippen molar-refractivity contribution in [3.05, 3.63) is 60.5 Å². The van der Waals surface area contributed by atoms with Gasteiger partial charge in [-0.3, -0.25) is 9.48 Å². The number of amides is 1. The van der Waals surface area contributed by atoms with Crippen LogP contribution in [0.25, 0.3) is 22.4 Å². The van der Waals surface area contributed by atoms with E-state index in [1.165, 1.54) is 28.9 Å². The second-order valence-electron chi connectivity index (χ2n) is 5.63. The van der Waals surface area contributed by atoms with Gasteiger partial charge in [0, 0.05) is 17.3 Å². The van der Waals surface area contributed by atoms with Gasteiger partial charge in [0.05, 0.1) is 4.90 Å². The Balaban J connectivity index is 2.11. The molecular formula is C17H15FN4O3S. The Morgan fingerprint density at radius 3 is 2.15 bits per heavy atom. The first-order valence-electron chi connectivity index (χ1n) is 7.49. The Bertz CT molecular complexity index is 1060. The molecular weight excluding hydrogens is 359 g/mol. The van der Waals surface area contributed by atoms with E-state index in [9.17, 15) is 17.6 Å². The van der Waals surface area contributed by atoms with Crippen LogP contribution >= 0.6 is 0 Å². The van der Waals surface area contributed by atoms with E-state index in [-0.39, 0.29) is 17.3 Å². The summed E-state index contributed by atoms with van der Waals surface area (Å²) in [5.74, 6) is -0.938. The molecule has 0 spiro atoms. The van der Waals surface area contributed by atoms with Crippen molar-refractivity contribution in [3.8, 4) is 22.4 Å². The lowest BCUT2D eigenvalue weighted by molar-refractivity contribution is -0.118. The highest BCUT2D eigenvalue weighted by Crippen LogP contribution is 2.31. The molecule has 1 heterocycles. The first kappa shape index (κ1) is 17.8. The molecule has 0 radical (unpaired) electrons. The molecule has 0 saturated carbocycles. The smallest absolute Gasteiger partial charge is 0.239 e. The first-order valence-corrected chi connectivity index (χ1v) is 9.03. The minimum absolute atomic E-state index is 0.0267. The van der Waals surface area contributed by atoms with E-state index in [0.717, 1.165) is 0 Å². The number of carbonyl (C=O) groups is 1. The number of carbonyl (C=O) groups excluding carboxylic acids is 1. The summed E-state index contributed by atoms with van der Waals surface area (Å²) in [6.07, 6.45) is 1.63. The third-order valence-corrected chi connectivity index (χ3v) is 4.62. The zero-order valence-electron chi connectivity index (χ0n) is 13.5. The zero-order chi connectivity index (χ0) is 18.9. The fraction of sp³-hybridized carbons (Fsp3) is 0.0588. The van der Waals surface area contributed by atoms with Crippen LogP contribution in [0, 0.1) is 5.82 Å². The van der Waals surface area contributed by atoms with Gasteiger partial charge in [-0.2, -0.15) is 5.10 Å². The second-order valence-corrected chi connectivity index (χ2v) is 7.19. The summed E-state index contributed by atoms with van der Waals surface area (Å²) < 4.78 is 37.4. The van der Waals surface area contributed by atoms with Crippen LogP contribution in [0.2, 0.25) is 0 Å². The molecule has 0 aliphatic rings. The van der Waals surface area contributed by atoms with E-state index < -0.39 is 15.9 Å². The number of benzene rings is 2. The zero-order valence-corrected chi connectivity index (χ0v) is 14.3. The van der Waals surface area contributed by atoms with Gasteiger partial charge in [0.15, 0.2) is 0 Å². The molecule has 134 valence electrons. The number of nitrogens with two attached hydrogens (primary N) is 2. The molecule has 0 aliphatic carbocycles. The predicted molar refractivity (Wildman–Crippen MR) is 93.6 cm³/mol. The lowest BCUT2D eigenvalue weighted by atomic mass is 10.0. The lowest BCUT2D eigenvalue weighted by Gasteiger charge is -2.04. The molecule has 0 bridgehead atoms. The molecule has 0 aliphatic heterocycles. The highest BCUT2D eigenvalue weighted by molar-refractivity contribution is 7.89. The quantitative estimate of drug-likeness (QED) is 0.702. The first-order chi connectivity index (χ1) is 12.2. The number of hydrogen-bond donors (Lipinski definition) is 2. The summed E-state index contributed by atoms with van der Waals surface area (Å²) in [6, 6.07) is 11.7. The van der Waals surface area contributed by atoms with Gasteiger partial charge in [0.1, 0.15) is 18.1 Å². The summed E-state index contributed by atoms with van der Waals surface area (Å²) in [4.78, 5) is 11.2. The molecule has 0 fully saturated rings. The molecule has 9 heteroatoms. The predicted octanol–water partition coefficient (Wildman–Crippen LogP) is 1.49. The fourth-order valence-electron chi connectivity index (χ4n) is 2.52. The molecule has 4 N–H and O–H groups in total. The van der Waals surface area contributed by atoms with Crippen molar-refractivity contribution in [1.82, 2.24) is 9.78 Å². The number of halogens is 1. The Morgan fingerprint density at radius 2 is 1.62 bits per heavy atom. The maximum absolute atomic E-state index is 13.2. The lowest BCUT2D eigenvalue weighted by Crippen LogP contribution is -2.18. The average Bonchev–Trinajstić information content (AvgIpc) is 2.98. The van der Waals surface area contributed by atoms with Gasteiger partial charge >= 0.3 is 0 Å². The van der Waals surface area contributed by atoms with Crippen molar-refractivity contribution in [1.29, 1.82) is 0 Å². The second kappa shape index (κ2) is 6.70. The van der Waals surface area contributed by atoms with Crippen molar-refractivity contribution in [2.24, 2.45) is 10.9 Å². The number of hydrogen-bond acceptors (Lipinski definition) is 4. The fourth-order valence-corrected chi connectivity index (χ4v) is 3.03. The Hall–Kier alpha value is -3.04. The van der Waals surface area contributed by atoms with E-state index >= 15 is 0 Å². The van der Waals surface area contributed by atoms with Crippen LogP contribution in [0.4, 0.5) is 4.39 Å². The number of aromatic nitrogens is 2. The molecule has 2 aromatic carbocycles. The van der Waals surface area contributed by atoms with Crippen molar-refractivity contribution in [2.75, 3.05) is 0 Å². The highest BCUT2D eigenvalue weighted by atomic mass is 32.2. The number of nitrogens with zero attached hydrogens (tertiary/aromatic N) is 2. The molecule has 0 unspecified atom stereocenters. The Labute approximate surface area is 149 Å².